The summed E-state index contributed by atoms with van der Waals surface area (Å²) in [5, 5.41) is 5.81. The first-order valence-corrected chi connectivity index (χ1v) is 11.3. The minimum atomic E-state index is -0.325. The molecule has 33 heavy (non-hydrogen) atoms. The van der Waals surface area contributed by atoms with Crippen LogP contribution in [0.5, 0.6) is 5.88 Å². The van der Waals surface area contributed by atoms with Crippen molar-refractivity contribution in [3.8, 4) is 17.3 Å². The molecule has 0 spiro atoms. The molecule has 1 saturated heterocycles. The van der Waals surface area contributed by atoms with Crippen LogP contribution in [0.25, 0.3) is 11.5 Å². The Morgan fingerprint density at radius 2 is 2.12 bits per heavy atom. The number of oxazole rings is 1. The predicted octanol–water partition coefficient (Wildman–Crippen LogP) is 2.29. The fourth-order valence-corrected chi connectivity index (χ4v) is 5.34. The SMILES string of the molecule is CNC(=O)Nc1nc2c(s1)C1CN(C(C)=O)CC(C2)N1c1ncc(-c2cccc(OC)n2)o1. The summed E-state index contributed by atoms with van der Waals surface area (Å²) in [6, 6.07) is 5.34. The normalized spacial score (nSPS) is 19.1. The second-order valence-corrected chi connectivity index (χ2v) is 8.84. The summed E-state index contributed by atoms with van der Waals surface area (Å²) >= 11 is 1.41. The Bertz CT molecular complexity index is 1210. The number of methoxy groups -OCH3 is 1. The zero-order valence-electron chi connectivity index (χ0n) is 18.4. The maximum Gasteiger partial charge on any atom is 0.320 e. The Balaban J connectivity index is 1.50. The maximum absolute atomic E-state index is 12.2. The van der Waals surface area contributed by atoms with E-state index < -0.39 is 0 Å². The zero-order valence-corrected chi connectivity index (χ0v) is 19.2. The van der Waals surface area contributed by atoms with Crippen LogP contribution in [0.1, 0.15) is 23.5 Å². The first-order chi connectivity index (χ1) is 16.0. The predicted molar refractivity (Wildman–Crippen MR) is 121 cm³/mol. The van der Waals surface area contributed by atoms with E-state index in [2.05, 4.69) is 30.5 Å². The second-order valence-electron chi connectivity index (χ2n) is 7.81. The van der Waals surface area contributed by atoms with Crippen molar-refractivity contribution in [1.29, 1.82) is 0 Å². The van der Waals surface area contributed by atoms with Gasteiger partial charge in [0.1, 0.15) is 5.69 Å². The molecule has 2 unspecified atom stereocenters. The lowest BCUT2D eigenvalue weighted by atomic mass is 9.93. The molecule has 5 rings (SSSR count). The number of ether oxygens (including phenoxy) is 1. The second kappa shape index (κ2) is 8.35. The Morgan fingerprint density at radius 3 is 2.88 bits per heavy atom. The van der Waals surface area contributed by atoms with E-state index in [1.807, 2.05) is 17.0 Å². The topological polar surface area (TPSA) is 126 Å². The molecule has 2 atom stereocenters. The molecule has 0 aromatic carbocycles. The summed E-state index contributed by atoms with van der Waals surface area (Å²) < 4.78 is 11.4. The highest BCUT2D eigenvalue weighted by molar-refractivity contribution is 7.16. The Labute approximate surface area is 193 Å². The number of carbonyl (C=O) groups excluding carboxylic acids is 2. The van der Waals surface area contributed by atoms with Crippen LogP contribution >= 0.6 is 11.3 Å². The molecule has 2 aliphatic heterocycles. The molecule has 172 valence electrons. The average Bonchev–Trinajstić information content (AvgIpc) is 3.45. The van der Waals surface area contributed by atoms with Crippen LogP contribution in [0.15, 0.2) is 28.8 Å². The van der Waals surface area contributed by atoms with Crippen LogP contribution in [-0.4, -0.2) is 65.1 Å². The molecule has 2 N–H and O–H groups in total. The van der Waals surface area contributed by atoms with Gasteiger partial charge in [-0.1, -0.05) is 17.4 Å². The van der Waals surface area contributed by atoms with Crippen LogP contribution in [0.2, 0.25) is 0 Å². The van der Waals surface area contributed by atoms with Crippen molar-refractivity contribution < 1.29 is 18.7 Å². The molecular weight excluding hydrogens is 446 g/mol. The quantitative estimate of drug-likeness (QED) is 0.596. The first kappa shape index (κ1) is 21.2. The largest absolute Gasteiger partial charge is 0.481 e. The summed E-state index contributed by atoms with van der Waals surface area (Å²) in [5.74, 6) is 1.04. The van der Waals surface area contributed by atoms with Gasteiger partial charge in [-0.2, -0.15) is 0 Å². The van der Waals surface area contributed by atoms with E-state index in [1.54, 1.807) is 33.3 Å². The average molecular weight is 470 g/mol. The molecule has 3 aromatic heterocycles. The van der Waals surface area contributed by atoms with E-state index >= 15 is 0 Å². The van der Waals surface area contributed by atoms with Gasteiger partial charge in [-0.3, -0.25) is 10.1 Å². The molecule has 0 radical (unpaired) electrons. The number of thiazole rings is 1. The molecule has 5 heterocycles. The number of rotatable bonds is 4. The lowest BCUT2D eigenvalue weighted by molar-refractivity contribution is -0.130. The van der Waals surface area contributed by atoms with Crippen LogP contribution in [0, 0.1) is 0 Å². The van der Waals surface area contributed by atoms with Crippen molar-refractivity contribution in [2.45, 2.75) is 25.4 Å². The zero-order chi connectivity index (χ0) is 23.1. The molecule has 3 aromatic rings. The van der Waals surface area contributed by atoms with Gasteiger partial charge in [-0.15, -0.1) is 0 Å². The van der Waals surface area contributed by atoms with E-state index in [0.717, 1.165) is 10.6 Å². The van der Waals surface area contributed by atoms with E-state index in [4.69, 9.17) is 9.15 Å². The van der Waals surface area contributed by atoms with Crippen molar-refractivity contribution in [3.05, 3.63) is 35.0 Å². The van der Waals surface area contributed by atoms with Crippen LogP contribution in [0.3, 0.4) is 0 Å². The van der Waals surface area contributed by atoms with Crippen molar-refractivity contribution >= 4 is 34.4 Å². The van der Waals surface area contributed by atoms with Crippen LogP contribution in [0.4, 0.5) is 15.9 Å². The summed E-state index contributed by atoms with van der Waals surface area (Å²) in [4.78, 5) is 42.5. The van der Waals surface area contributed by atoms with Gasteiger partial charge in [-0.25, -0.2) is 19.7 Å². The number of fused-ring (bicyclic) bond motifs is 4. The number of carbonyl (C=O) groups is 2. The maximum atomic E-state index is 12.2. The number of urea groups is 1. The molecule has 2 aliphatic rings. The molecule has 2 bridgehead atoms. The van der Waals surface area contributed by atoms with E-state index in [9.17, 15) is 9.59 Å². The Hall–Kier alpha value is -3.67. The van der Waals surface area contributed by atoms with Crippen molar-refractivity contribution in [3.63, 3.8) is 0 Å². The number of piperazine rings is 1. The van der Waals surface area contributed by atoms with E-state index in [1.165, 1.54) is 11.3 Å². The lowest BCUT2D eigenvalue weighted by Gasteiger charge is -2.48. The lowest BCUT2D eigenvalue weighted by Crippen LogP contribution is -2.59. The fourth-order valence-electron chi connectivity index (χ4n) is 4.26. The molecular formula is C21H23N7O4S. The Morgan fingerprint density at radius 1 is 1.27 bits per heavy atom. The number of nitrogens with zero attached hydrogens (tertiary/aromatic N) is 5. The van der Waals surface area contributed by atoms with Gasteiger partial charge in [0.15, 0.2) is 10.9 Å². The molecule has 3 amide bonds. The standard InChI is InChI=1S/C21H23N7O4S/c1-11(29)27-9-12-7-14-18(33-20(25-14)26-19(30)22-2)15(10-27)28(12)21-23-8-16(32-21)13-5-4-6-17(24-13)31-3/h4-6,8,12,15H,7,9-10H2,1-3H3,(H2,22,25,26,30). The van der Waals surface area contributed by atoms with Crippen molar-refractivity contribution in [1.82, 2.24) is 25.2 Å². The Kier molecular flexibility index (Phi) is 5.36. The van der Waals surface area contributed by atoms with E-state index in [0.29, 0.717) is 48.0 Å². The molecule has 0 aliphatic carbocycles. The van der Waals surface area contributed by atoms with Gasteiger partial charge < -0.3 is 24.3 Å². The molecule has 0 saturated carbocycles. The molecule has 1 fully saturated rings. The number of anilines is 2. The monoisotopic (exact) mass is 469 g/mol. The highest BCUT2D eigenvalue weighted by atomic mass is 32.1. The highest BCUT2D eigenvalue weighted by Gasteiger charge is 2.45. The number of pyridine rings is 1. The van der Waals surface area contributed by atoms with Gasteiger partial charge in [-0.05, 0) is 6.07 Å². The third-order valence-electron chi connectivity index (χ3n) is 5.81. The number of amides is 3. The fraction of sp³-hybridized carbons (Fsp3) is 0.381. The van der Waals surface area contributed by atoms with Gasteiger partial charge in [0, 0.05) is 39.5 Å². The summed E-state index contributed by atoms with van der Waals surface area (Å²) in [5.41, 5.74) is 1.55. The third kappa shape index (κ3) is 3.86. The third-order valence-corrected chi connectivity index (χ3v) is 6.92. The number of hydrogen-bond acceptors (Lipinski definition) is 9. The smallest absolute Gasteiger partial charge is 0.320 e. The van der Waals surface area contributed by atoms with E-state index in [-0.39, 0.29) is 24.0 Å². The number of aromatic nitrogens is 3. The van der Waals surface area contributed by atoms with Gasteiger partial charge in [0.2, 0.25) is 11.8 Å². The van der Waals surface area contributed by atoms with Gasteiger partial charge >= 0.3 is 6.03 Å². The summed E-state index contributed by atoms with van der Waals surface area (Å²) in [7, 11) is 3.12. The summed E-state index contributed by atoms with van der Waals surface area (Å²) in [6.45, 7) is 2.60. The minimum Gasteiger partial charge on any atom is -0.481 e. The van der Waals surface area contributed by atoms with Crippen LogP contribution in [-0.2, 0) is 11.2 Å². The first-order valence-electron chi connectivity index (χ1n) is 10.5. The van der Waals surface area contributed by atoms with Crippen molar-refractivity contribution in [2.24, 2.45) is 0 Å². The van der Waals surface area contributed by atoms with Crippen molar-refractivity contribution in [2.75, 3.05) is 37.5 Å². The summed E-state index contributed by atoms with van der Waals surface area (Å²) in [6.07, 6.45) is 2.26. The number of nitrogens with one attached hydrogen (secondary N) is 2. The molecule has 12 heteroatoms. The molecule has 11 nitrogen and oxygen atoms in total. The van der Waals surface area contributed by atoms with Crippen LogP contribution < -0.4 is 20.3 Å². The van der Waals surface area contributed by atoms with Gasteiger partial charge in [0.25, 0.3) is 6.01 Å². The number of hydrogen-bond donors (Lipinski definition) is 2. The van der Waals surface area contributed by atoms with Gasteiger partial charge in [0.05, 0.1) is 36.0 Å². The minimum absolute atomic E-state index is 0.0231. The highest BCUT2D eigenvalue weighted by Crippen LogP contribution is 2.44.